The first-order valence-electron chi connectivity index (χ1n) is 5.49. The molecule has 1 unspecified atom stereocenters. The second-order valence-corrected chi connectivity index (χ2v) is 4.28. The third kappa shape index (κ3) is 4.77. The van der Waals surface area contributed by atoms with E-state index in [-0.39, 0.29) is 24.5 Å². The van der Waals surface area contributed by atoms with Crippen molar-refractivity contribution >= 4 is 11.6 Å². The van der Waals surface area contributed by atoms with E-state index in [2.05, 4.69) is 0 Å². The molecule has 2 nitrogen and oxygen atoms in total. The third-order valence-corrected chi connectivity index (χ3v) is 2.85. The molecule has 0 radical (unpaired) electrons. The molecule has 0 saturated heterocycles. The average Bonchev–Trinajstić information content (AvgIpc) is 2.14. The zero-order valence-corrected chi connectivity index (χ0v) is 8.98. The summed E-state index contributed by atoms with van der Waals surface area (Å²) in [5.41, 5.74) is 0. The summed E-state index contributed by atoms with van der Waals surface area (Å²) in [5.74, 6) is -0.900. The predicted molar refractivity (Wildman–Crippen MR) is 51.9 cm³/mol. The number of hydrogen-bond acceptors (Lipinski definition) is 2. The molecule has 1 aliphatic rings. The molecule has 0 aromatic carbocycles. The van der Waals surface area contributed by atoms with Crippen LogP contribution in [0.5, 0.6) is 0 Å². The van der Waals surface area contributed by atoms with Crippen molar-refractivity contribution in [3.05, 3.63) is 0 Å². The van der Waals surface area contributed by atoms with Gasteiger partial charge in [0.05, 0.1) is 0 Å². The van der Waals surface area contributed by atoms with Gasteiger partial charge >= 0.3 is 6.18 Å². The summed E-state index contributed by atoms with van der Waals surface area (Å²) >= 11 is 0. The van der Waals surface area contributed by atoms with Gasteiger partial charge in [-0.3, -0.25) is 9.59 Å². The van der Waals surface area contributed by atoms with Gasteiger partial charge in [0.2, 0.25) is 0 Å². The van der Waals surface area contributed by atoms with Crippen molar-refractivity contribution in [3.8, 4) is 0 Å². The molecule has 1 fully saturated rings. The molecule has 0 heterocycles. The molecule has 5 heteroatoms. The van der Waals surface area contributed by atoms with E-state index in [0.29, 0.717) is 6.42 Å². The first-order valence-corrected chi connectivity index (χ1v) is 5.49. The van der Waals surface area contributed by atoms with Gasteiger partial charge in [0.15, 0.2) is 0 Å². The van der Waals surface area contributed by atoms with Crippen molar-refractivity contribution in [1.82, 2.24) is 0 Å². The van der Waals surface area contributed by atoms with Crippen LogP contribution in [0.1, 0.15) is 44.9 Å². The normalized spacial score (nSPS) is 22.2. The Morgan fingerprint density at radius 1 is 1.31 bits per heavy atom. The van der Waals surface area contributed by atoms with Gasteiger partial charge in [0.1, 0.15) is 18.0 Å². The molecule has 0 N–H and O–H groups in total. The van der Waals surface area contributed by atoms with E-state index < -0.39 is 18.4 Å². The van der Waals surface area contributed by atoms with Crippen molar-refractivity contribution in [2.75, 3.05) is 0 Å². The monoisotopic (exact) mass is 236 g/mol. The Balaban J connectivity index is 2.28. The van der Waals surface area contributed by atoms with Gasteiger partial charge in [-0.2, -0.15) is 13.2 Å². The Labute approximate surface area is 92.2 Å². The van der Waals surface area contributed by atoms with E-state index in [0.717, 1.165) is 19.3 Å². The summed E-state index contributed by atoms with van der Waals surface area (Å²) < 4.78 is 35.6. The lowest BCUT2D eigenvalue weighted by Crippen LogP contribution is -2.21. The number of carbonyl (C=O) groups excluding carboxylic acids is 2. The Morgan fingerprint density at radius 3 is 2.56 bits per heavy atom. The number of halogens is 3. The maximum atomic E-state index is 11.9. The summed E-state index contributed by atoms with van der Waals surface area (Å²) in [6.45, 7) is 0. The second-order valence-electron chi connectivity index (χ2n) is 4.28. The second kappa shape index (κ2) is 5.46. The minimum atomic E-state index is -4.42. The molecule has 0 aliphatic heterocycles. The molecule has 1 aliphatic carbocycles. The molecule has 0 aromatic rings. The van der Waals surface area contributed by atoms with Crippen molar-refractivity contribution in [2.24, 2.45) is 5.92 Å². The summed E-state index contributed by atoms with van der Waals surface area (Å²) in [6.07, 6.45) is -2.60. The molecular formula is C11H15F3O2. The number of Topliss-reactive ketones (excluding diaryl/α,β-unsaturated/α-hetero) is 2. The van der Waals surface area contributed by atoms with Gasteiger partial charge in [-0.05, 0) is 19.3 Å². The number of hydrogen-bond donors (Lipinski definition) is 0. The highest BCUT2D eigenvalue weighted by molar-refractivity contribution is 5.83. The maximum absolute atomic E-state index is 11.9. The molecular weight excluding hydrogens is 221 g/mol. The quantitative estimate of drug-likeness (QED) is 0.751. The van der Waals surface area contributed by atoms with Crippen LogP contribution in [-0.2, 0) is 9.59 Å². The van der Waals surface area contributed by atoms with Crippen LogP contribution >= 0.6 is 0 Å². The smallest absolute Gasteiger partial charge is 0.299 e. The minimum Gasteiger partial charge on any atom is -0.299 e. The zero-order valence-electron chi connectivity index (χ0n) is 8.98. The molecule has 0 aromatic heterocycles. The van der Waals surface area contributed by atoms with Crippen LogP contribution < -0.4 is 0 Å². The highest BCUT2D eigenvalue weighted by Gasteiger charge is 2.31. The van der Waals surface area contributed by atoms with Crippen LogP contribution in [0.4, 0.5) is 13.2 Å². The fraction of sp³-hybridized carbons (Fsp3) is 0.818. The van der Waals surface area contributed by atoms with E-state index >= 15 is 0 Å². The third-order valence-electron chi connectivity index (χ3n) is 2.85. The molecule has 0 spiro atoms. The van der Waals surface area contributed by atoms with Gasteiger partial charge in [-0.15, -0.1) is 0 Å². The first-order chi connectivity index (χ1) is 7.38. The van der Waals surface area contributed by atoms with Crippen molar-refractivity contribution in [2.45, 2.75) is 51.1 Å². The topological polar surface area (TPSA) is 34.1 Å². The van der Waals surface area contributed by atoms with Crippen LogP contribution in [0.2, 0.25) is 0 Å². The first kappa shape index (κ1) is 13.2. The van der Waals surface area contributed by atoms with Crippen LogP contribution in [0.25, 0.3) is 0 Å². The van der Waals surface area contributed by atoms with Crippen LogP contribution in [0.15, 0.2) is 0 Å². The van der Waals surface area contributed by atoms with E-state index in [1.54, 1.807) is 0 Å². The molecule has 92 valence electrons. The molecule has 1 rings (SSSR count). The SMILES string of the molecule is O=C(CCC1CCCCC1=O)CC(F)(F)F. The molecule has 16 heavy (non-hydrogen) atoms. The minimum absolute atomic E-state index is 0.103. The highest BCUT2D eigenvalue weighted by atomic mass is 19.4. The Bertz CT molecular complexity index is 271. The Kier molecular flexibility index (Phi) is 4.50. The number of alkyl halides is 3. The maximum Gasteiger partial charge on any atom is 0.395 e. The fourth-order valence-corrected chi connectivity index (χ4v) is 2.01. The summed E-state index contributed by atoms with van der Waals surface area (Å²) in [6, 6.07) is 0. The van der Waals surface area contributed by atoms with Crippen LogP contribution in [0.3, 0.4) is 0 Å². The summed E-state index contributed by atoms with van der Waals surface area (Å²) in [5, 5.41) is 0. The molecule has 1 atom stereocenters. The largest absolute Gasteiger partial charge is 0.395 e. The Hall–Kier alpha value is -0.870. The standard InChI is InChI=1S/C11H15F3O2/c12-11(13,14)7-9(15)6-5-8-3-1-2-4-10(8)16/h8H,1-7H2. The van der Waals surface area contributed by atoms with Gasteiger partial charge in [0, 0.05) is 18.8 Å². The highest BCUT2D eigenvalue weighted by Crippen LogP contribution is 2.26. The summed E-state index contributed by atoms with van der Waals surface area (Å²) in [7, 11) is 0. The lowest BCUT2D eigenvalue weighted by atomic mass is 9.84. The van der Waals surface area contributed by atoms with E-state index in [1.807, 2.05) is 0 Å². The average molecular weight is 236 g/mol. The van der Waals surface area contributed by atoms with Gasteiger partial charge in [-0.25, -0.2) is 0 Å². The van der Waals surface area contributed by atoms with Crippen molar-refractivity contribution < 1.29 is 22.8 Å². The molecule has 0 amide bonds. The lowest BCUT2D eigenvalue weighted by Gasteiger charge is -2.19. The van der Waals surface area contributed by atoms with Gasteiger partial charge < -0.3 is 0 Å². The van der Waals surface area contributed by atoms with E-state index in [9.17, 15) is 22.8 Å². The number of carbonyl (C=O) groups is 2. The van der Waals surface area contributed by atoms with E-state index in [4.69, 9.17) is 0 Å². The van der Waals surface area contributed by atoms with Crippen molar-refractivity contribution in [3.63, 3.8) is 0 Å². The van der Waals surface area contributed by atoms with Gasteiger partial charge in [0.25, 0.3) is 0 Å². The summed E-state index contributed by atoms with van der Waals surface area (Å²) in [4.78, 5) is 22.3. The van der Waals surface area contributed by atoms with E-state index in [1.165, 1.54) is 0 Å². The van der Waals surface area contributed by atoms with Crippen LogP contribution in [0, 0.1) is 5.92 Å². The molecule has 1 saturated carbocycles. The predicted octanol–water partition coefficient (Wildman–Crippen LogP) is 3.05. The van der Waals surface area contributed by atoms with Gasteiger partial charge in [-0.1, -0.05) is 6.42 Å². The zero-order chi connectivity index (χ0) is 12.2. The number of rotatable bonds is 4. The Morgan fingerprint density at radius 2 is 2.00 bits per heavy atom. The molecule has 0 bridgehead atoms. The van der Waals surface area contributed by atoms with Crippen LogP contribution in [-0.4, -0.2) is 17.7 Å². The van der Waals surface area contributed by atoms with Crippen molar-refractivity contribution in [1.29, 1.82) is 0 Å². The lowest BCUT2D eigenvalue weighted by molar-refractivity contribution is -0.152. The number of ketones is 2. The fourth-order valence-electron chi connectivity index (χ4n) is 2.01.